The molecule has 224 valence electrons. The molecule has 15 heteroatoms. The number of hydrogen-bond donors (Lipinski definition) is 0. The van der Waals surface area contributed by atoms with E-state index in [9.17, 15) is 43.2 Å². The maximum Gasteiger partial charge on any atom is 0.534 e. The zero-order valence-electron chi connectivity index (χ0n) is 21.4. The first-order valence-corrected chi connectivity index (χ1v) is 14.7. The fraction of sp³-hybridized carbons (Fsp3) is 0.0714. The summed E-state index contributed by atoms with van der Waals surface area (Å²) in [6.07, 6.45) is 2.28. The van der Waals surface area contributed by atoms with Gasteiger partial charge in [0.1, 0.15) is 5.75 Å². The number of fused-ring (bicyclic) bond motifs is 4. The van der Waals surface area contributed by atoms with Gasteiger partial charge in [0.2, 0.25) is 0 Å². The Kier molecular flexibility index (Phi) is 7.01. The van der Waals surface area contributed by atoms with Crippen molar-refractivity contribution in [3.63, 3.8) is 0 Å². The predicted molar refractivity (Wildman–Crippen MR) is 150 cm³/mol. The number of alkyl halides is 6. The quantitative estimate of drug-likeness (QED) is 0.103. The van der Waals surface area contributed by atoms with Gasteiger partial charge >= 0.3 is 31.3 Å². The molecule has 5 rings (SSSR count). The molecule has 0 saturated heterocycles. The minimum atomic E-state index is -6.14. The predicted octanol–water partition coefficient (Wildman–Crippen LogP) is 7.68. The average molecular weight is 642 g/mol. The molecular weight excluding hydrogens is 624 g/mol. The standard InChI is InChI=1S/C28H17F6NO6S2/c1-3-18-19(4-2)26-21-13-12-17(40-42(36,37)27(29,30)31)14-23(21)35(22-11-7-9-16-8-5-6-10-20(16)22)24(26)15-25(18)41-43(38,39)28(32,33)34/h3-15H,1-2H2. The van der Waals surface area contributed by atoms with E-state index in [-0.39, 0.29) is 32.9 Å². The van der Waals surface area contributed by atoms with Gasteiger partial charge in [-0.25, -0.2) is 0 Å². The first-order chi connectivity index (χ1) is 20.0. The van der Waals surface area contributed by atoms with Crippen molar-refractivity contribution >= 4 is 65.0 Å². The number of benzene rings is 4. The zero-order valence-corrected chi connectivity index (χ0v) is 23.0. The Balaban J connectivity index is 1.95. The van der Waals surface area contributed by atoms with Crippen LogP contribution in [0.5, 0.6) is 11.5 Å². The van der Waals surface area contributed by atoms with Crippen LogP contribution in [0.3, 0.4) is 0 Å². The average Bonchev–Trinajstić information content (AvgIpc) is 3.23. The van der Waals surface area contributed by atoms with Crippen LogP contribution in [0.4, 0.5) is 26.3 Å². The molecule has 0 fully saturated rings. The zero-order chi connectivity index (χ0) is 31.5. The second kappa shape index (κ2) is 10.1. The van der Waals surface area contributed by atoms with E-state index in [1.807, 2.05) is 0 Å². The molecule has 4 aromatic carbocycles. The number of halogens is 6. The van der Waals surface area contributed by atoms with Gasteiger partial charge in [-0.2, -0.15) is 43.2 Å². The van der Waals surface area contributed by atoms with Gasteiger partial charge in [0.05, 0.1) is 16.7 Å². The maximum atomic E-state index is 13.3. The van der Waals surface area contributed by atoms with Crippen molar-refractivity contribution in [2.45, 2.75) is 11.0 Å². The Labute approximate surface area is 240 Å². The fourth-order valence-corrected chi connectivity index (χ4v) is 5.64. The number of nitrogens with zero attached hydrogens (tertiary/aromatic N) is 1. The molecule has 0 spiro atoms. The summed E-state index contributed by atoms with van der Waals surface area (Å²) in [6, 6.07) is 16.1. The highest BCUT2D eigenvalue weighted by Crippen LogP contribution is 2.44. The highest BCUT2D eigenvalue weighted by molar-refractivity contribution is 7.88. The van der Waals surface area contributed by atoms with E-state index >= 15 is 0 Å². The largest absolute Gasteiger partial charge is 0.534 e. The summed E-state index contributed by atoms with van der Waals surface area (Å²) in [4.78, 5) is 0. The number of hydrogen-bond acceptors (Lipinski definition) is 6. The Morgan fingerprint density at radius 2 is 1.28 bits per heavy atom. The monoisotopic (exact) mass is 641 g/mol. The van der Waals surface area contributed by atoms with Crippen LogP contribution >= 0.6 is 0 Å². The Morgan fingerprint density at radius 3 is 1.91 bits per heavy atom. The second-order valence-electron chi connectivity index (χ2n) is 8.98. The van der Waals surface area contributed by atoms with E-state index in [1.165, 1.54) is 16.7 Å². The minimum Gasteiger partial charge on any atom is -0.376 e. The smallest absolute Gasteiger partial charge is 0.376 e. The van der Waals surface area contributed by atoms with Crippen molar-refractivity contribution in [1.29, 1.82) is 0 Å². The molecule has 0 aliphatic rings. The van der Waals surface area contributed by atoms with E-state index < -0.39 is 42.8 Å². The van der Waals surface area contributed by atoms with E-state index in [4.69, 9.17) is 0 Å². The summed E-state index contributed by atoms with van der Waals surface area (Å²) in [7, 11) is -12.2. The number of aromatic nitrogens is 1. The van der Waals surface area contributed by atoms with Gasteiger partial charge < -0.3 is 12.9 Å². The van der Waals surface area contributed by atoms with Crippen LogP contribution in [0, 0.1) is 0 Å². The third kappa shape index (κ3) is 4.97. The van der Waals surface area contributed by atoms with Crippen LogP contribution in [0.1, 0.15) is 11.1 Å². The summed E-state index contributed by atoms with van der Waals surface area (Å²) < 4.78 is 137. The molecule has 0 atom stereocenters. The van der Waals surface area contributed by atoms with Crippen molar-refractivity contribution < 1.29 is 51.5 Å². The summed E-state index contributed by atoms with van der Waals surface area (Å²) in [5.74, 6) is -1.47. The molecule has 43 heavy (non-hydrogen) atoms. The lowest BCUT2D eigenvalue weighted by Crippen LogP contribution is -2.28. The molecule has 1 heterocycles. The van der Waals surface area contributed by atoms with Crippen molar-refractivity contribution in [3.8, 4) is 17.2 Å². The van der Waals surface area contributed by atoms with Gasteiger partial charge in [-0.05, 0) is 29.1 Å². The highest BCUT2D eigenvalue weighted by atomic mass is 32.2. The van der Waals surface area contributed by atoms with E-state index in [0.717, 1.165) is 24.3 Å². The summed E-state index contributed by atoms with van der Waals surface area (Å²) in [6.45, 7) is 7.25. The van der Waals surface area contributed by atoms with Crippen molar-refractivity contribution in [2.75, 3.05) is 0 Å². The normalized spacial score (nSPS) is 13.0. The van der Waals surface area contributed by atoms with Gasteiger partial charge in [-0.1, -0.05) is 61.7 Å². The first kappa shape index (κ1) is 30.0. The third-order valence-electron chi connectivity index (χ3n) is 6.46. The third-order valence-corrected chi connectivity index (χ3v) is 8.40. The van der Waals surface area contributed by atoms with E-state index in [1.54, 1.807) is 42.5 Å². The Morgan fingerprint density at radius 1 is 0.674 bits per heavy atom. The minimum absolute atomic E-state index is 0.0510. The van der Waals surface area contributed by atoms with Gasteiger partial charge in [0.25, 0.3) is 0 Å². The van der Waals surface area contributed by atoms with Crippen molar-refractivity contribution in [3.05, 3.63) is 91.0 Å². The molecule has 0 saturated carbocycles. The van der Waals surface area contributed by atoms with Crippen LogP contribution in [-0.2, 0) is 20.2 Å². The maximum absolute atomic E-state index is 13.3. The molecule has 0 radical (unpaired) electrons. The van der Waals surface area contributed by atoms with E-state index in [0.29, 0.717) is 16.5 Å². The molecule has 0 amide bonds. The summed E-state index contributed by atoms with van der Waals surface area (Å²) in [5, 5.41) is 1.83. The number of rotatable bonds is 7. The molecule has 0 aliphatic carbocycles. The Hall–Kier alpha value is -4.50. The van der Waals surface area contributed by atoms with Gasteiger partial charge in [-0.3, -0.25) is 0 Å². The lowest BCUT2D eigenvalue weighted by Gasteiger charge is -2.16. The van der Waals surface area contributed by atoms with Gasteiger partial charge in [-0.15, -0.1) is 0 Å². The SMILES string of the molecule is C=Cc1c(OS(=O)(=O)C(F)(F)F)cc2c(c1C=C)c1ccc(OS(=O)(=O)C(F)(F)F)cc1n2-c1cccc2ccccc12. The van der Waals surface area contributed by atoms with Crippen LogP contribution in [0.25, 0.3) is 50.4 Å². The fourth-order valence-electron chi connectivity index (χ4n) is 4.72. The van der Waals surface area contributed by atoms with E-state index in [2.05, 4.69) is 21.5 Å². The van der Waals surface area contributed by atoms with Gasteiger partial charge in [0.15, 0.2) is 5.75 Å². The molecule has 7 nitrogen and oxygen atoms in total. The first-order valence-electron chi connectivity index (χ1n) is 11.9. The topological polar surface area (TPSA) is 91.7 Å². The molecule has 0 aliphatic heterocycles. The van der Waals surface area contributed by atoms with Crippen LogP contribution in [0.2, 0.25) is 0 Å². The molecule has 0 N–H and O–H groups in total. The molecule has 0 bridgehead atoms. The highest BCUT2D eigenvalue weighted by Gasteiger charge is 2.49. The molecule has 1 aromatic heterocycles. The molecular formula is C28H17F6NO6S2. The second-order valence-corrected chi connectivity index (χ2v) is 12.1. The van der Waals surface area contributed by atoms with Crippen LogP contribution in [0.15, 0.2) is 79.9 Å². The van der Waals surface area contributed by atoms with Crippen molar-refractivity contribution in [1.82, 2.24) is 4.57 Å². The molecule has 5 aromatic rings. The summed E-state index contributed by atoms with van der Waals surface area (Å²) >= 11 is 0. The lowest BCUT2D eigenvalue weighted by atomic mass is 9.99. The lowest BCUT2D eigenvalue weighted by molar-refractivity contribution is -0.0504. The van der Waals surface area contributed by atoms with Gasteiger partial charge in [0, 0.05) is 33.9 Å². The van der Waals surface area contributed by atoms with Crippen LogP contribution < -0.4 is 8.37 Å². The van der Waals surface area contributed by atoms with Crippen molar-refractivity contribution in [2.24, 2.45) is 0 Å². The van der Waals surface area contributed by atoms with Crippen LogP contribution in [-0.4, -0.2) is 32.4 Å². The Bertz CT molecular complexity index is 2180. The molecule has 0 unspecified atom stereocenters. The summed E-state index contributed by atoms with van der Waals surface area (Å²) in [5.41, 5.74) is -11.1.